The van der Waals surface area contributed by atoms with E-state index in [1.165, 1.54) is 17.1 Å². The van der Waals surface area contributed by atoms with Crippen LogP contribution in [0.15, 0.2) is 33.8 Å². The summed E-state index contributed by atoms with van der Waals surface area (Å²) in [7, 11) is 0. The van der Waals surface area contributed by atoms with Crippen molar-refractivity contribution in [1.82, 2.24) is 24.1 Å². The van der Waals surface area contributed by atoms with Crippen LogP contribution in [0.1, 0.15) is 31.7 Å². The number of nitrogens with zero attached hydrogens (tertiary/aromatic N) is 5. The maximum absolute atomic E-state index is 4.51. The van der Waals surface area contributed by atoms with E-state index in [9.17, 15) is 0 Å². The van der Waals surface area contributed by atoms with Gasteiger partial charge in [-0.15, -0.1) is 10.2 Å². The largest absolute Gasteiger partial charge is 0.302 e. The van der Waals surface area contributed by atoms with E-state index in [1.54, 1.807) is 11.8 Å². The van der Waals surface area contributed by atoms with Crippen molar-refractivity contribution >= 4 is 23.3 Å². The minimum Gasteiger partial charge on any atom is -0.302 e. The van der Waals surface area contributed by atoms with E-state index in [0.717, 1.165) is 46.1 Å². The molecule has 0 N–H and O–H groups in total. The van der Waals surface area contributed by atoms with Crippen molar-refractivity contribution in [3.05, 3.63) is 35.7 Å². The van der Waals surface area contributed by atoms with Gasteiger partial charge in [-0.3, -0.25) is 0 Å². The molecule has 0 spiro atoms. The summed E-state index contributed by atoms with van der Waals surface area (Å²) < 4.78 is 7.43. The average molecular weight is 345 g/mol. The van der Waals surface area contributed by atoms with E-state index in [-0.39, 0.29) is 0 Å². The smallest absolute Gasteiger partial charge is 0.198 e. The molecule has 0 aliphatic heterocycles. The molecule has 1 aromatic carbocycles. The van der Waals surface area contributed by atoms with Crippen molar-refractivity contribution in [2.24, 2.45) is 0 Å². The molecule has 2 heterocycles. The second-order valence-electron chi connectivity index (χ2n) is 5.26. The summed E-state index contributed by atoms with van der Waals surface area (Å²) in [6.07, 6.45) is 1.88. The number of aryl methyl sites for hydroxylation is 2. The van der Waals surface area contributed by atoms with Crippen molar-refractivity contribution in [2.75, 3.05) is 0 Å². The molecule has 0 saturated carbocycles. The van der Waals surface area contributed by atoms with E-state index in [0.29, 0.717) is 0 Å². The highest BCUT2D eigenvalue weighted by molar-refractivity contribution is 8.00. The Labute approximate surface area is 144 Å². The van der Waals surface area contributed by atoms with E-state index in [2.05, 4.69) is 69.2 Å². The third-order valence-corrected chi connectivity index (χ3v) is 5.16. The maximum Gasteiger partial charge on any atom is 0.198 e. The molecule has 0 bridgehead atoms. The van der Waals surface area contributed by atoms with Crippen molar-refractivity contribution in [3.8, 4) is 11.4 Å². The molecule has 2 aromatic heterocycles. The fourth-order valence-corrected chi connectivity index (χ4v) is 3.95. The summed E-state index contributed by atoms with van der Waals surface area (Å²) in [5.74, 6) is 1.80. The van der Waals surface area contributed by atoms with Crippen LogP contribution in [0.2, 0.25) is 0 Å². The summed E-state index contributed by atoms with van der Waals surface area (Å²) in [5, 5.41) is 9.68. The molecule has 3 aromatic rings. The van der Waals surface area contributed by atoms with Gasteiger partial charge in [-0.1, -0.05) is 37.6 Å². The fraction of sp³-hybridized carbons (Fsp3) is 0.375. The van der Waals surface area contributed by atoms with Gasteiger partial charge in [0, 0.05) is 18.5 Å². The molecule has 5 nitrogen and oxygen atoms in total. The Kier molecular flexibility index (Phi) is 5.07. The van der Waals surface area contributed by atoms with Gasteiger partial charge in [0.05, 0.1) is 0 Å². The number of hydrogen-bond donors (Lipinski definition) is 0. The lowest BCUT2D eigenvalue weighted by atomic mass is 10.1. The zero-order chi connectivity index (χ0) is 16.2. The Hall–Kier alpha value is -1.73. The van der Waals surface area contributed by atoms with Crippen LogP contribution in [0.5, 0.6) is 0 Å². The molecule has 0 aliphatic carbocycles. The fourth-order valence-electron chi connectivity index (χ4n) is 2.29. The average Bonchev–Trinajstić information content (AvgIpc) is 3.16. The van der Waals surface area contributed by atoms with Crippen LogP contribution < -0.4 is 0 Å². The van der Waals surface area contributed by atoms with E-state index < -0.39 is 0 Å². The number of hydrogen-bond acceptors (Lipinski definition) is 6. The molecule has 0 atom stereocenters. The molecule has 0 fully saturated rings. The molecule has 120 valence electrons. The Balaban J connectivity index is 1.94. The summed E-state index contributed by atoms with van der Waals surface area (Å²) >= 11 is 2.97. The van der Waals surface area contributed by atoms with Crippen LogP contribution in [-0.2, 0) is 13.0 Å². The first-order chi connectivity index (χ1) is 11.2. The highest BCUT2D eigenvalue weighted by Gasteiger charge is 2.16. The molecular formula is C16H19N5S2. The van der Waals surface area contributed by atoms with Crippen LogP contribution in [0.4, 0.5) is 0 Å². The van der Waals surface area contributed by atoms with Crippen LogP contribution in [0.3, 0.4) is 0 Å². The standard InChI is InChI=1S/C16H19N5S2/c1-4-9-21-14(12-8-6-7-11(3)10-12)18-19-15(21)22-16-17-13(5-2)20-23-16/h6-8,10H,4-5,9H2,1-3H3. The van der Waals surface area contributed by atoms with E-state index in [1.807, 2.05) is 0 Å². The van der Waals surface area contributed by atoms with Gasteiger partial charge in [0.25, 0.3) is 0 Å². The first-order valence-electron chi connectivity index (χ1n) is 7.72. The molecule has 0 aliphatic rings. The lowest BCUT2D eigenvalue weighted by Crippen LogP contribution is -2.01. The molecule has 0 saturated heterocycles. The minimum atomic E-state index is 0.854. The Morgan fingerprint density at radius 2 is 2.09 bits per heavy atom. The zero-order valence-corrected chi connectivity index (χ0v) is 15.1. The first kappa shape index (κ1) is 16.1. The lowest BCUT2D eigenvalue weighted by Gasteiger charge is -2.08. The second kappa shape index (κ2) is 7.23. The topological polar surface area (TPSA) is 56.5 Å². The number of aromatic nitrogens is 5. The molecule has 0 amide bonds. The summed E-state index contributed by atoms with van der Waals surface area (Å²) in [4.78, 5) is 4.51. The van der Waals surface area contributed by atoms with Gasteiger partial charge in [0.2, 0.25) is 0 Å². The Bertz CT molecular complexity index is 793. The van der Waals surface area contributed by atoms with Gasteiger partial charge >= 0.3 is 0 Å². The molecule has 7 heteroatoms. The molecule has 23 heavy (non-hydrogen) atoms. The summed E-state index contributed by atoms with van der Waals surface area (Å²) in [6.45, 7) is 7.20. The van der Waals surface area contributed by atoms with Gasteiger partial charge in [-0.05, 0) is 42.7 Å². The van der Waals surface area contributed by atoms with Gasteiger partial charge in [0.1, 0.15) is 5.82 Å². The van der Waals surface area contributed by atoms with Crippen LogP contribution >= 0.6 is 23.3 Å². The molecule has 3 rings (SSSR count). The number of rotatable bonds is 6. The summed E-state index contributed by atoms with van der Waals surface area (Å²) in [5.41, 5.74) is 2.32. The van der Waals surface area contributed by atoms with Gasteiger partial charge < -0.3 is 4.57 Å². The van der Waals surface area contributed by atoms with E-state index >= 15 is 0 Å². The zero-order valence-electron chi connectivity index (χ0n) is 13.5. The highest BCUT2D eigenvalue weighted by atomic mass is 32.2. The SMILES string of the molecule is CCCn1c(Sc2nc(CC)ns2)nnc1-c1cccc(C)c1. The van der Waals surface area contributed by atoms with Gasteiger partial charge in [-0.25, -0.2) is 4.98 Å². The first-order valence-corrected chi connectivity index (χ1v) is 9.31. The second-order valence-corrected chi connectivity index (χ2v) is 7.23. The third kappa shape index (κ3) is 3.61. The lowest BCUT2D eigenvalue weighted by molar-refractivity contribution is 0.626. The van der Waals surface area contributed by atoms with E-state index in [4.69, 9.17) is 0 Å². The highest BCUT2D eigenvalue weighted by Crippen LogP contribution is 2.31. The van der Waals surface area contributed by atoms with Crippen LogP contribution in [0, 0.1) is 6.92 Å². The van der Waals surface area contributed by atoms with Crippen LogP contribution in [-0.4, -0.2) is 24.1 Å². The third-order valence-electron chi connectivity index (χ3n) is 3.38. The Morgan fingerprint density at radius 1 is 1.22 bits per heavy atom. The van der Waals surface area contributed by atoms with Gasteiger partial charge in [0.15, 0.2) is 15.3 Å². The predicted molar refractivity (Wildman–Crippen MR) is 93.9 cm³/mol. The molecule has 0 radical (unpaired) electrons. The van der Waals surface area contributed by atoms with Crippen molar-refractivity contribution in [2.45, 2.75) is 49.7 Å². The quantitative estimate of drug-likeness (QED) is 0.669. The molecule has 0 unspecified atom stereocenters. The summed E-state index contributed by atoms with van der Waals surface area (Å²) in [6, 6.07) is 8.37. The normalized spacial score (nSPS) is 11.1. The molecular weight excluding hydrogens is 326 g/mol. The van der Waals surface area contributed by atoms with Crippen molar-refractivity contribution in [3.63, 3.8) is 0 Å². The Morgan fingerprint density at radius 3 is 2.78 bits per heavy atom. The van der Waals surface area contributed by atoms with Crippen molar-refractivity contribution < 1.29 is 0 Å². The predicted octanol–water partition coefficient (Wildman–Crippen LogP) is 4.23. The minimum absolute atomic E-state index is 0.854. The van der Waals surface area contributed by atoms with Crippen molar-refractivity contribution in [1.29, 1.82) is 0 Å². The number of benzene rings is 1. The maximum atomic E-state index is 4.51. The monoisotopic (exact) mass is 345 g/mol. The van der Waals surface area contributed by atoms with Crippen LogP contribution in [0.25, 0.3) is 11.4 Å². The van der Waals surface area contributed by atoms with Gasteiger partial charge in [-0.2, -0.15) is 4.37 Å².